The van der Waals surface area contributed by atoms with E-state index in [0.29, 0.717) is 11.3 Å². The summed E-state index contributed by atoms with van der Waals surface area (Å²) in [5.74, 6) is -0.221. The molecule has 0 aromatic heterocycles. The maximum atomic E-state index is 12.9. The van der Waals surface area contributed by atoms with E-state index in [1.54, 1.807) is 0 Å². The summed E-state index contributed by atoms with van der Waals surface area (Å²) in [4.78, 5) is 12.9. The lowest BCUT2D eigenvalue weighted by Crippen LogP contribution is -2.54. The molecule has 3 heteroatoms. The second-order valence-corrected chi connectivity index (χ2v) is 5.55. The van der Waals surface area contributed by atoms with Crippen LogP contribution >= 0.6 is 0 Å². The van der Waals surface area contributed by atoms with Crippen LogP contribution in [0.3, 0.4) is 0 Å². The Morgan fingerprint density at radius 2 is 1.55 bits per heavy atom. The van der Waals surface area contributed by atoms with E-state index in [4.69, 9.17) is 9.47 Å². The average Bonchev–Trinajstić information content (AvgIpc) is 2.45. The summed E-state index contributed by atoms with van der Waals surface area (Å²) in [5, 5.41) is 0. The van der Waals surface area contributed by atoms with Crippen LogP contribution in [0, 0.1) is 0 Å². The normalized spacial score (nSPS) is 30.2. The summed E-state index contributed by atoms with van der Waals surface area (Å²) >= 11 is 0. The molecule has 0 aliphatic carbocycles. The maximum Gasteiger partial charge on any atom is 0.236 e. The van der Waals surface area contributed by atoms with Crippen LogP contribution in [0.15, 0.2) is 48.5 Å². The molecule has 0 amide bonds. The number of ether oxygens (including phenoxy) is 2. The first-order chi connectivity index (χ1) is 9.55. The van der Waals surface area contributed by atoms with E-state index < -0.39 is 11.4 Å². The number of hydrogen-bond acceptors (Lipinski definition) is 3. The van der Waals surface area contributed by atoms with Crippen molar-refractivity contribution in [1.29, 1.82) is 0 Å². The van der Waals surface area contributed by atoms with Crippen LogP contribution in [0.4, 0.5) is 0 Å². The van der Waals surface area contributed by atoms with Gasteiger partial charge < -0.3 is 9.47 Å². The second kappa shape index (κ2) is 3.49. The van der Waals surface area contributed by atoms with Crippen molar-refractivity contribution in [3.05, 3.63) is 65.2 Å². The predicted octanol–water partition coefficient (Wildman–Crippen LogP) is 3.38. The lowest BCUT2D eigenvalue weighted by atomic mass is 9.79. The summed E-state index contributed by atoms with van der Waals surface area (Å²) in [6.45, 7) is 3.69. The highest BCUT2D eigenvalue weighted by molar-refractivity contribution is 6.05. The molecule has 0 N–H and O–H groups in total. The fraction of sp³-hybridized carbons (Fsp3) is 0.235. The van der Waals surface area contributed by atoms with Crippen LogP contribution in [0.1, 0.15) is 35.3 Å². The number of ketones is 1. The Kier molecular flexibility index (Phi) is 2.04. The predicted molar refractivity (Wildman–Crippen MR) is 73.6 cm³/mol. The molecule has 0 radical (unpaired) electrons. The monoisotopic (exact) mass is 266 g/mol. The summed E-state index contributed by atoms with van der Waals surface area (Å²) in [6, 6.07) is 15.1. The third-order valence-corrected chi connectivity index (χ3v) is 4.20. The Bertz CT molecular complexity index is 737. The van der Waals surface area contributed by atoms with Crippen molar-refractivity contribution in [3.63, 3.8) is 0 Å². The third kappa shape index (κ3) is 1.26. The number of rotatable bonds is 0. The zero-order valence-electron chi connectivity index (χ0n) is 11.3. The van der Waals surface area contributed by atoms with Crippen molar-refractivity contribution in [1.82, 2.24) is 0 Å². The average molecular weight is 266 g/mol. The molecule has 2 aromatic carbocycles. The first-order valence-electron chi connectivity index (χ1n) is 6.68. The highest BCUT2D eigenvalue weighted by Crippen LogP contribution is 2.52. The number of Topliss-reactive ketones (excluding diaryl/α,β-unsaturated/α-hetero) is 1. The molecule has 100 valence electrons. The van der Waals surface area contributed by atoms with Crippen LogP contribution < -0.4 is 4.74 Å². The van der Waals surface area contributed by atoms with E-state index in [1.807, 2.05) is 62.4 Å². The lowest BCUT2D eigenvalue weighted by molar-refractivity contribution is -0.254. The summed E-state index contributed by atoms with van der Waals surface area (Å²) in [6.07, 6.45) is 0. The fourth-order valence-corrected chi connectivity index (χ4v) is 3.24. The van der Waals surface area contributed by atoms with E-state index in [0.717, 1.165) is 11.1 Å². The summed E-state index contributed by atoms with van der Waals surface area (Å²) < 4.78 is 12.1. The van der Waals surface area contributed by atoms with E-state index >= 15 is 0 Å². The number of carbonyl (C=O) groups excluding carboxylic acids is 1. The molecule has 2 bridgehead atoms. The van der Waals surface area contributed by atoms with Crippen LogP contribution in [0.2, 0.25) is 0 Å². The quantitative estimate of drug-likeness (QED) is 0.733. The van der Waals surface area contributed by atoms with E-state index in [-0.39, 0.29) is 5.78 Å². The van der Waals surface area contributed by atoms with Gasteiger partial charge in [0.2, 0.25) is 5.79 Å². The van der Waals surface area contributed by atoms with Gasteiger partial charge in [-0.1, -0.05) is 42.5 Å². The zero-order chi connectivity index (χ0) is 14.0. The van der Waals surface area contributed by atoms with Crippen LogP contribution in [0.5, 0.6) is 5.75 Å². The molecule has 4 rings (SSSR count). The van der Waals surface area contributed by atoms with Gasteiger partial charge in [0, 0.05) is 23.6 Å². The van der Waals surface area contributed by atoms with Gasteiger partial charge in [-0.25, -0.2) is 0 Å². The highest BCUT2D eigenvalue weighted by Gasteiger charge is 2.56. The molecule has 0 saturated carbocycles. The van der Waals surface area contributed by atoms with Gasteiger partial charge in [0.05, 0.1) is 0 Å². The van der Waals surface area contributed by atoms with Gasteiger partial charge in [-0.05, 0) is 13.0 Å². The van der Waals surface area contributed by atoms with Crippen LogP contribution in [-0.4, -0.2) is 5.78 Å². The Hall–Kier alpha value is -2.13. The van der Waals surface area contributed by atoms with Crippen molar-refractivity contribution in [2.75, 3.05) is 0 Å². The van der Waals surface area contributed by atoms with E-state index in [1.165, 1.54) is 0 Å². The Labute approximate surface area is 117 Å². The van der Waals surface area contributed by atoms with Crippen LogP contribution in [-0.2, 0) is 16.1 Å². The second-order valence-electron chi connectivity index (χ2n) is 5.55. The Balaban J connectivity index is 2.06. The molecular weight excluding hydrogens is 252 g/mol. The standard InChI is InChI=1S/C17H14O3/c1-16-13-9-5-6-10-14(13)19-17(2,20-16)12-8-4-3-7-11(12)15(16)18/h3-10H,1-2H3. The number of benzene rings is 2. The minimum absolute atomic E-state index is 0.0127. The molecule has 2 atom stereocenters. The minimum atomic E-state index is -0.988. The SMILES string of the molecule is CC12Oc3ccccc3C(C)(O1)C(=O)c1ccccc12. The topological polar surface area (TPSA) is 35.5 Å². The number of carbonyl (C=O) groups is 1. The first kappa shape index (κ1) is 11.7. The number of hydrogen-bond donors (Lipinski definition) is 0. The highest BCUT2D eigenvalue weighted by atomic mass is 16.7. The van der Waals surface area contributed by atoms with Gasteiger partial charge in [0.25, 0.3) is 0 Å². The summed E-state index contributed by atoms with van der Waals surface area (Å²) in [7, 11) is 0. The fourth-order valence-electron chi connectivity index (χ4n) is 3.24. The molecular formula is C17H14O3. The van der Waals surface area contributed by atoms with Gasteiger partial charge in [0.15, 0.2) is 11.4 Å². The van der Waals surface area contributed by atoms with Crippen molar-refractivity contribution >= 4 is 5.78 Å². The molecule has 2 heterocycles. The number of fused-ring (bicyclic) bond motifs is 6. The molecule has 3 nitrogen and oxygen atoms in total. The summed E-state index contributed by atoms with van der Waals surface area (Å²) in [5.41, 5.74) is 1.27. The van der Waals surface area contributed by atoms with E-state index in [9.17, 15) is 4.79 Å². The smallest absolute Gasteiger partial charge is 0.236 e. The largest absolute Gasteiger partial charge is 0.458 e. The zero-order valence-corrected chi connectivity index (χ0v) is 11.3. The van der Waals surface area contributed by atoms with Crippen molar-refractivity contribution < 1.29 is 14.3 Å². The number of para-hydroxylation sites is 1. The van der Waals surface area contributed by atoms with Gasteiger partial charge in [-0.2, -0.15) is 0 Å². The molecule has 2 aliphatic rings. The molecule has 0 spiro atoms. The van der Waals surface area contributed by atoms with Crippen LogP contribution in [0.25, 0.3) is 0 Å². The van der Waals surface area contributed by atoms with Gasteiger partial charge in [-0.15, -0.1) is 0 Å². The molecule has 2 unspecified atom stereocenters. The Morgan fingerprint density at radius 1 is 0.900 bits per heavy atom. The van der Waals surface area contributed by atoms with Gasteiger partial charge in [0.1, 0.15) is 5.75 Å². The van der Waals surface area contributed by atoms with Gasteiger partial charge in [-0.3, -0.25) is 4.79 Å². The maximum absolute atomic E-state index is 12.9. The molecule has 0 saturated heterocycles. The first-order valence-corrected chi connectivity index (χ1v) is 6.68. The molecule has 2 aliphatic heterocycles. The van der Waals surface area contributed by atoms with E-state index in [2.05, 4.69) is 0 Å². The molecule has 20 heavy (non-hydrogen) atoms. The molecule has 0 fully saturated rings. The minimum Gasteiger partial charge on any atom is -0.458 e. The molecule has 2 aromatic rings. The van der Waals surface area contributed by atoms with Crippen molar-refractivity contribution in [3.8, 4) is 5.75 Å². The third-order valence-electron chi connectivity index (χ3n) is 4.20. The Morgan fingerprint density at radius 3 is 2.35 bits per heavy atom. The lowest BCUT2D eigenvalue weighted by Gasteiger charge is -2.49. The van der Waals surface area contributed by atoms with Crippen molar-refractivity contribution in [2.24, 2.45) is 0 Å². The van der Waals surface area contributed by atoms with Gasteiger partial charge >= 0.3 is 0 Å². The van der Waals surface area contributed by atoms with Crippen molar-refractivity contribution in [2.45, 2.75) is 25.2 Å².